The van der Waals surface area contributed by atoms with Gasteiger partial charge in [-0.15, -0.1) is 10.2 Å². The van der Waals surface area contributed by atoms with Crippen LogP contribution in [0.2, 0.25) is 0 Å². The molecule has 0 aliphatic carbocycles. The summed E-state index contributed by atoms with van der Waals surface area (Å²) >= 11 is 0.263. The molecule has 0 saturated heterocycles. The number of amides is 2. The molecule has 1 unspecified atom stereocenters. The van der Waals surface area contributed by atoms with Crippen LogP contribution in [0.25, 0.3) is 0 Å². The molecule has 130 valence electrons. The van der Waals surface area contributed by atoms with E-state index >= 15 is 0 Å². The summed E-state index contributed by atoms with van der Waals surface area (Å²) in [6.07, 6.45) is -2.94. The van der Waals surface area contributed by atoms with Crippen molar-refractivity contribution in [2.45, 2.75) is 12.2 Å². The summed E-state index contributed by atoms with van der Waals surface area (Å²) in [5.41, 5.74) is 0.762. The number of hydrogen-bond acceptors (Lipinski definition) is 6. The topological polar surface area (TPSA) is 83.0 Å². The Kier molecular flexibility index (Phi) is 5.67. The fraction of sp³-hybridized carbons (Fsp3) is 0.385. The van der Waals surface area contributed by atoms with Gasteiger partial charge in [-0.05, 0) is 26.2 Å². The maximum Gasteiger partial charge on any atom is 0.445 e. The van der Waals surface area contributed by atoms with Gasteiger partial charge >= 0.3 is 12.2 Å². The molecule has 2 amide bonds. The molecule has 0 radical (unpaired) electrons. The second-order valence-corrected chi connectivity index (χ2v) is 5.96. The van der Waals surface area contributed by atoms with Crippen LogP contribution < -0.4 is 10.6 Å². The van der Waals surface area contributed by atoms with Crippen LogP contribution in [0.1, 0.15) is 16.7 Å². The third-order valence-electron chi connectivity index (χ3n) is 3.00. The molecule has 0 fully saturated rings. The molecule has 11 heteroatoms. The van der Waals surface area contributed by atoms with Crippen LogP contribution in [-0.4, -0.2) is 46.8 Å². The SMILES string of the molecule is CN(C)C(CNC(=O)Nc1nnc(C(F)(F)F)s1)c1ccccn1. The second-order valence-electron chi connectivity index (χ2n) is 4.98. The number of urea groups is 1. The van der Waals surface area contributed by atoms with Gasteiger partial charge in [0.1, 0.15) is 0 Å². The van der Waals surface area contributed by atoms with Crippen LogP contribution in [0, 0.1) is 0 Å². The van der Waals surface area contributed by atoms with Crippen molar-refractivity contribution in [2.24, 2.45) is 0 Å². The van der Waals surface area contributed by atoms with Gasteiger partial charge in [-0.3, -0.25) is 15.2 Å². The Bertz CT molecular complexity index is 676. The highest BCUT2D eigenvalue weighted by molar-refractivity contribution is 7.15. The van der Waals surface area contributed by atoms with Gasteiger partial charge in [-0.1, -0.05) is 17.4 Å². The maximum atomic E-state index is 12.4. The van der Waals surface area contributed by atoms with E-state index in [9.17, 15) is 18.0 Å². The molecular formula is C13H15F3N6OS. The number of hydrogen-bond donors (Lipinski definition) is 2. The summed E-state index contributed by atoms with van der Waals surface area (Å²) in [7, 11) is 3.67. The first-order valence-corrected chi connectivity index (χ1v) is 7.62. The number of likely N-dealkylation sites (N-methyl/N-ethyl adjacent to an activating group) is 1. The zero-order chi connectivity index (χ0) is 17.7. The van der Waals surface area contributed by atoms with Crippen molar-refractivity contribution >= 4 is 22.5 Å². The normalized spacial score (nSPS) is 12.9. The number of anilines is 1. The molecule has 0 spiro atoms. The summed E-state index contributed by atoms with van der Waals surface area (Å²) in [5, 5.41) is 9.78. The number of carbonyl (C=O) groups is 1. The summed E-state index contributed by atoms with van der Waals surface area (Å²) in [6, 6.07) is 4.59. The number of rotatable bonds is 5. The highest BCUT2D eigenvalue weighted by Crippen LogP contribution is 2.32. The zero-order valence-electron chi connectivity index (χ0n) is 12.8. The Labute approximate surface area is 139 Å². The van der Waals surface area contributed by atoms with Crippen molar-refractivity contribution in [3.63, 3.8) is 0 Å². The van der Waals surface area contributed by atoms with E-state index in [1.54, 1.807) is 12.3 Å². The largest absolute Gasteiger partial charge is 0.445 e. The van der Waals surface area contributed by atoms with Crippen molar-refractivity contribution < 1.29 is 18.0 Å². The van der Waals surface area contributed by atoms with E-state index in [4.69, 9.17) is 0 Å². The summed E-state index contributed by atoms with van der Waals surface area (Å²) < 4.78 is 37.3. The maximum absolute atomic E-state index is 12.4. The monoisotopic (exact) mass is 360 g/mol. The Morgan fingerprint density at radius 3 is 2.62 bits per heavy atom. The quantitative estimate of drug-likeness (QED) is 0.855. The highest BCUT2D eigenvalue weighted by Gasteiger charge is 2.35. The van der Waals surface area contributed by atoms with Crippen LogP contribution in [0.15, 0.2) is 24.4 Å². The number of pyridine rings is 1. The summed E-state index contributed by atoms with van der Waals surface area (Å²) in [5.74, 6) is 0. The molecule has 2 rings (SSSR count). The lowest BCUT2D eigenvalue weighted by Crippen LogP contribution is -2.37. The number of halogens is 3. The average molecular weight is 360 g/mol. The van der Waals surface area contributed by atoms with Gasteiger partial charge in [0.2, 0.25) is 10.1 Å². The molecule has 24 heavy (non-hydrogen) atoms. The number of nitrogens with zero attached hydrogens (tertiary/aromatic N) is 4. The van der Waals surface area contributed by atoms with Crippen molar-refractivity contribution in [1.82, 2.24) is 25.4 Å². The molecule has 0 saturated carbocycles. The second kappa shape index (κ2) is 7.53. The van der Waals surface area contributed by atoms with Gasteiger partial charge in [-0.25, -0.2) is 4.79 Å². The lowest BCUT2D eigenvalue weighted by Gasteiger charge is -2.23. The predicted molar refractivity (Wildman–Crippen MR) is 82.6 cm³/mol. The minimum Gasteiger partial charge on any atom is -0.336 e. The molecule has 1 atom stereocenters. The minimum absolute atomic E-state index is 0.183. The summed E-state index contributed by atoms with van der Waals surface area (Å²) in [4.78, 5) is 17.9. The number of carbonyl (C=O) groups excluding carboxylic acids is 1. The van der Waals surface area contributed by atoms with Gasteiger partial charge in [0.05, 0.1) is 11.7 Å². The third kappa shape index (κ3) is 4.86. The van der Waals surface area contributed by atoms with Gasteiger partial charge < -0.3 is 5.32 Å². The molecule has 2 aromatic heterocycles. The fourth-order valence-corrected chi connectivity index (χ4v) is 2.45. The molecule has 2 heterocycles. The van der Waals surface area contributed by atoms with Crippen molar-refractivity contribution in [1.29, 1.82) is 0 Å². The predicted octanol–water partition coefficient (Wildman–Crippen LogP) is 2.38. The zero-order valence-corrected chi connectivity index (χ0v) is 13.6. The average Bonchev–Trinajstić information content (AvgIpc) is 2.97. The van der Waals surface area contributed by atoms with E-state index in [0.29, 0.717) is 0 Å². The van der Waals surface area contributed by atoms with Crippen LogP contribution in [0.5, 0.6) is 0 Å². The standard InChI is InChI=1S/C13H15F3N6OS/c1-22(2)9(8-5-3-4-6-17-8)7-18-11(23)19-12-21-20-10(24-12)13(14,15)16/h3-6,9H,7H2,1-2H3,(H2,18,19,21,23). The highest BCUT2D eigenvalue weighted by atomic mass is 32.1. The Hall–Kier alpha value is -2.27. The molecule has 0 aliphatic rings. The van der Waals surface area contributed by atoms with Gasteiger partial charge in [0.15, 0.2) is 0 Å². The lowest BCUT2D eigenvalue weighted by atomic mass is 10.1. The molecule has 2 N–H and O–H groups in total. The molecule has 0 bridgehead atoms. The van der Waals surface area contributed by atoms with Gasteiger partial charge in [0, 0.05) is 12.7 Å². The van der Waals surface area contributed by atoms with E-state index in [2.05, 4.69) is 25.8 Å². The Morgan fingerprint density at radius 2 is 2.08 bits per heavy atom. The van der Waals surface area contributed by atoms with Crippen molar-refractivity contribution in [3.05, 3.63) is 35.1 Å². The molecule has 0 aliphatic heterocycles. The number of aromatic nitrogens is 3. The first-order chi connectivity index (χ1) is 11.3. The van der Waals surface area contributed by atoms with Crippen LogP contribution in [-0.2, 0) is 6.18 Å². The van der Waals surface area contributed by atoms with E-state index < -0.39 is 17.2 Å². The molecule has 0 aromatic carbocycles. The Balaban J connectivity index is 1.93. The fourth-order valence-electron chi connectivity index (χ4n) is 1.84. The molecular weight excluding hydrogens is 345 g/mol. The Morgan fingerprint density at radius 1 is 1.33 bits per heavy atom. The van der Waals surface area contributed by atoms with Crippen LogP contribution in [0.3, 0.4) is 0 Å². The van der Waals surface area contributed by atoms with E-state index in [0.717, 1.165) is 5.69 Å². The third-order valence-corrected chi connectivity index (χ3v) is 3.88. The van der Waals surface area contributed by atoms with Crippen molar-refractivity contribution in [2.75, 3.05) is 26.0 Å². The smallest absolute Gasteiger partial charge is 0.336 e. The van der Waals surface area contributed by atoms with Gasteiger partial charge in [0.25, 0.3) is 0 Å². The van der Waals surface area contributed by atoms with E-state index in [1.165, 1.54) is 0 Å². The molecule has 7 nitrogen and oxygen atoms in total. The minimum atomic E-state index is -4.58. The van der Waals surface area contributed by atoms with Gasteiger partial charge in [-0.2, -0.15) is 13.2 Å². The first-order valence-electron chi connectivity index (χ1n) is 6.80. The van der Waals surface area contributed by atoms with Crippen molar-refractivity contribution in [3.8, 4) is 0 Å². The number of nitrogens with one attached hydrogen (secondary N) is 2. The summed E-state index contributed by atoms with van der Waals surface area (Å²) in [6.45, 7) is 0.223. The lowest BCUT2D eigenvalue weighted by molar-refractivity contribution is -0.138. The first kappa shape index (κ1) is 18.1. The van der Waals surface area contributed by atoms with E-state index in [1.807, 2.05) is 31.1 Å². The molecule has 2 aromatic rings. The van der Waals surface area contributed by atoms with Crippen LogP contribution >= 0.6 is 11.3 Å². The van der Waals surface area contributed by atoms with E-state index in [-0.39, 0.29) is 29.1 Å². The van der Waals surface area contributed by atoms with Crippen LogP contribution in [0.4, 0.5) is 23.1 Å². The number of alkyl halides is 3.